The molecule has 3 nitrogen and oxygen atoms in total. The van der Waals surface area contributed by atoms with Crippen LogP contribution in [0, 0.1) is 0 Å². The predicted octanol–water partition coefficient (Wildman–Crippen LogP) is 3.32. The molecule has 0 unspecified atom stereocenters. The third-order valence-corrected chi connectivity index (χ3v) is 2.95. The lowest BCUT2D eigenvalue weighted by molar-refractivity contribution is -0.111. The average molecular weight is 244 g/mol. The Bertz CT molecular complexity index is 532. The molecule has 0 spiro atoms. The minimum absolute atomic E-state index is 0.121. The van der Waals surface area contributed by atoms with E-state index in [0.29, 0.717) is 0 Å². The van der Waals surface area contributed by atoms with Crippen molar-refractivity contribution in [2.75, 3.05) is 5.32 Å². The number of nitrogens with one attached hydrogen (secondary N) is 1. The van der Waals surface area contributed by atoms with Gasteiger partial charge in [0.2, 0.25) is 5.91 Å². The lowest BCUT2D eigenvalue weighted by Gasteiger charge is -2.03. The number of allylic oxidation sites excluding steroid dienone is 1. The van der Waals surface area contributed by atoms with Crippen LogP contribution in [-0.2, 0) is 4.79 Å². The third kappa shape index (κ3) is 3.01. The molecule has 1 heterocycles. The number of amides is 1. The fourth-order valence-corrected chi connectivity index (χ4v) is 2.07. The maximum absolute atomic E-state index is 11.4. The zero-order valence-electron chi connectivity index (χ0n) is 9.38. The highest BCUT2D eigenvalue weighted by atomic mass is 32.1. The molecule has 2 aromatic rings. The summed E-state index contributed by atoms with van der Waals surface area (Å²) < 4.78 is 0. The molecule has 1 aromatic heterocycles. The Morgan fingerprint density at radius 2 is 2.35 bits per heavy atom. The van der Waals surface area contributed by atoms with E-state index in [1.165, 1.54) is 6.08 Å². The Morgan fingerprint density at radius 3 is 3.06 bits per heavy atom. The zero-order valence-corrected chi connectivity index (χ0v) is 10.2. The van der Waals surface area contributed by atoms with Gasteiger partial charge in [0.15, 0.2) is 0 Å². The first-order valence-electron chi connectivity index (χ1n) is 5.23. The van der Waals surface area contributed by atoms with Crippen molar-refractivity contribution in [1.82, 2.24) is 4.98 Å². The van der Waals surface area contributed by atoms with Crippen molar-refractivity contribution in [1.29, 1.82) is 0 Å². The second kappa shape index (κ2) is 5.41. The maximum Gasteiger partial charge on any atom is 0.248 e. The quantitative estimate of drug-likeness (QED) is 0.841. The van der Waals surface area contributed by atoms with Gasteiger partial charge in [0.05, 0.1) is 0 Å². The maximum atomic E-state index is 11.4. The molecular formula is C13H12N2OS. The molecular weight excluding hydrogens is 232 g/mol. The van der Waals surface area contributed by atoms with Crippen LogP contribution in [0.15, 0.2) is 48.0 Å². The van der Waals surface area contributed by atoms with E-state index in [-0.39, 0.29) is 5.91 Å². The van der Waals surface area contributed by atoms with E-state index in [2.05, 4.69) is 10.3 Å². The molecule has 0 radical (unpaired) electrons. The fourth-order valence-electron chi connectivity index (χ4n) is 1.43. The predicted molar refractivity (Wildman–Crippen MR) is 71.0 cm³/mol. The Labute approximate surface area is 104 Å². The van der Waals surface area contributed by atoms with E-state index in [1.54, 1.807) is 23.6 Å². The highest BCUT2D eigenvalue weighted by Crippen LogP contribution is 2.24. The molecule has 0 fully saturated rings. The van der Waals surface area contributed by atoms with Crippen LogP contribution in [0.4, 0.5) is 5.69 Å². The smallest absolute Gasteiger partial charge is 0.248 e. The minimum atomic E-state index is -0.121. The van der Waals surface area contributed by atoms with Crippen molar-refractivity contribution < 1.29 is 4.79 Å². The summed E-state index contributed by atoms with van der Waals surface area (Å²) in [6.45, 7) is 1.81. The van der Waals surface area contributed by atoms with Gasteiger partial charge in [-0.15, -0.1) is 11.3 Å². The van der Waals surface area contributed by atoms with Crippen LogP contribution in [0.2, 0.25) is 0 Å². The van der Waals surface area contributed by atoms with Crippen LogP contribution in [0.25, 0.3) is 10.6 Å². The van der Waals surface area contributed by atoms with Crippen LogP contribution >= 0.6 is 11.3 Å². The second-order valence-corrected chi connectivity index (χ2v) is 4.30. The molecule has 0 saturated heterocycles. The molecule has 1 N–H and O–H groups in total. The third-order valence-electron chi connectivity index (χ3n) is 2.13. The van der Waals surface area contributed by atoms with Crippen LogP contribution in [0.1, 0.15) is 6.92 Å². The van der Waals surface area contributed by atoms with Gasteiger partial charge in [-0.3, -0.25) is 4.79 Å². The van der Waals surface area contributed by atoms with Gasteiger partial charge in [-0.1, -0.05) is 18.2 Å². The summed E-state index contributed by atoms with van der Waals surface area (Å²) in [5.74, 6) is -0.121. The molecule has 86 valence electrons. The molecule has 0 bridgehead atoms. The summed E-state index contributed by atoms with van der Waals surface area (Å²) in [5, 5.41) is 5.68. The van der Waals surface area contributed by atoms with Gasteiger partial charge >= 0.3 is 0 Å². The van der Waals surface area contributed by atoms with E-state index in [1.807, 2.05) is 36.6 Å². The SMILES string of the molecule is CC=CC(=O)Nc1cccc(-c2nccs2)c1. The molecule has 2 rings (SSSR count). The van der Waals surface area contributed by atoms with Gasteiger partial charge < -0.3 is 5.32 Å². The molecule has 0 atom stereocenters. The molecule has 4 heteroatoms. The Balaban J connectivity index is 2.20. The highest BCUT2D eigenvalue weighted by molar-refractivity contribution is 7.13. The number of hydrogen-bond donors (Lipinski definition) is 1. The van der Waals surface area contributed by atoms with Crippen molar-refractivity contribution in [3.63, 3.8) is 0 Å². The van der Waals surface area contributed by atoms with Crippen LogP contribution in [0.3, 0.4) is 0 Å². The number of benzene rings is 1. The molecule has 0 aliphatic heterocycles. The summed E-state index contributed by atoms with van der Waals surface area (Å²) in [7, 11) is 0. The number of nitrogens with zero attached hydrogens (tertiary/aromatic N) is 1. The standard InChI is InChI=1S/C13H12N2OS/c1-2-4-12(16)15-11-6-3-5-10(9-11)13-14-7-8-17-13/h2-9H,1H3,(H,15,16). The van der Waals surface area contributed by atoms with Crippen molar-refractivity contribution in [3.8, 4) is 10.6 Å². The van der Waals surface area contributed by atoms with Crippen molar-refractivity contribution >= 4 is 22.9 Å². The van der Waals surface area contributed by atoms with Crippen molar-refractivity contribution in [3.05, 3.63) is 48.0 Å². The Hall–Kier alpha value is -1.94. The molecule has 0 saturated carbocycles. The summed E-state index contributed by atoms with van der Waals surface area (Å²) in [6, 6.07) is 7.66. The van der Waals surface area contributed by atoms with E-state index in [9.17, 15) is 4.79 Å². The second-order valence-electron chi connectivity index (χ2n) is 3.41. The first kappa shape index (κ1) is 11.5. The lowest BCUT2D eigenvalue weighted by Crippen LogP contribution is -2.07. The number of hydrogen-bond acceptors (Lipinski definition) is 3. The van der Waals surface area contributed by atoms with E-state index in [0.717, 1.165) is 16.3 Å². The van der Waals surface area contributed by atoms with Crippen molar-refractivity contribution in [2.45, 2.75) is 6.92 Å². The van der Waals surface area contributed by atoms with Gasteiger partial charge in [-0.25, -0.2) is 4.98 Å². The summed E-state index contributed by atoms with van der Waals surface area (Å²) >= 11 is 1.58. The van der Waals surface area contributed by atoms with E-state index in [4.69, 9.17) is 0 Å². The largest absolute Gasteiger partial charge is 0.323 e. The monoisotopic (exact) mass is 244 g/mol. The van der Waals surface area contributed by atoms with E-state index < -0.39 is 0 Å². The number of thiazole rings is 1. The van der Waals surface area contributed by atoms with Crippen molar-refractivity contribution in [2.24, 2.45) is 0 Å². The summed E-state index contributed by atoms with van der Waals surface area (Å²) in [6.07, 6.45) is 4.97. The zero-order chi connectivity index (χ0) is 12.1. The molecule has 1 aromatic carbocycles. The number of carbonyl (C=O) groups is 1. The van der Waals surface area contributed by atoms with Gasteiger partial charge in [-0.05, 0) is 25.1 Å². The average Bonchev–Trinajstić information content (AvgIpc) is 2.83. The first-order chi connectivity index (χ1) is 8.29. The normalized spacial score (nSPS) is 10.6. The first-order valence-corrected chi connectivity index (χ1v) is 6.11. The van der Waals surface area contributed by atoms with Gasteiger partial charge in [0, 0.05) is 22.8 Å². The number of anilines is 1. The van der Waals surface area contributed by atoms with Gasteiger partial charge in [0.25, 0.3) is 0 Å². The lowest BCUT2D eigenvalue weighted by atomic mass is 10.2. The minimum Gasteiger partial charge on any atom is -0.323 e. The molecule has 0 aliphatic rings. The van der Waals surface area contributed by atoms with Crippen LogP contribution in [0.5, 0.6) is 0 Å². The summed E-state index contributed by atoms with van der Waals surface area (Å²) in [4.78, 5) is 15.6. The number of rotatable bonds is 3. The van der Waals surface area contributed by atoms with Crippen LogP contribution in [-0.4, -0.2) is 10.9 Å². The highest BCUT2D eigenvalue weighted by Gasteiger charge is 2.02. The Kier molecular flexibility index (Phi) is 3.67. The van der Waals surface area contributed by atoms with Gasteiger partial charge in [-0.2, -0.15) is 0 Å². The van der Waals surface area contributed by atoms with Gasteiger partial charge in [0.1, 0.15) is 5.01 Å². The number of aromatic nitrogens is 1. The Morgan fingerprint density at radius 1 is 1.47 bits per heavy atom. The molecule has 17 heavy (non-hydrogen) atoms. The fraction of sp³-hybridized carbons (Fsp3) is 0.0769. The molecule has 1 amide bonds. The molecule has 0 aliphatic carbocycles. The topological polar surface area (TPSA) is 42.0 Å². The van der Waals surface area contributed by atoms with E-state index >= 15 is 0 Å². The number of carbonyl (C=O) groups excluding carboxylic acids is 1. The van der Waals surface area contributed by atoms with Crippen LogP contribution < -0.4 is 5.32 Å². The summed E-state index contributed by atoms with van der Waals surface area (Å²) in [5.41, 5.74) is 1.79.